The summed E-state index contributed by atoms with van der Waals surface area (Å²) in [6.45, 7) is 3.62. The zero-order valence-corrected chi connectivity index (χ0v) is 23.1. The quantitative estimate of drug-likeness (QED) is 0.317. The lowest BCUT2D eigenvalue weighted by molar-refractivity contribution is -0.139. The van der Waals surface area contributed by atoms with Crippen molar-refractivity contribution in [1.82, 2.24) is 4.57 Å². The van der Waals surface area contributed by atoms with Crippen LogP contribution >= 0.6 is 11.3 Å². The number of aromatic nitrogens is 1. The first-order valence-electron chi connectivity index (χ1n) is 12.4. The van der Waals surface area contributed by atoms with Crippen molar-refractivity contribution in [2.75, 3.05) is 20.8 Å². The van der Waals surface area contributed by atoms with E-state index in [1.807, 2.05) is 6.07 Å². The molecular weight excluding hydrogens is 530 g/mol. The van der Waals surface area contributed by atoms with E-state index in [4.69, 9.17) is 18.6 Å². The standard InChI is InChI=1S/C30H25N3O6S/c1-5-38-29(35)26-17(2)32-30-33(27(26)18-10-12-23(36-3)24(14-18)37-4)28(34)25(40-30)15-20-11-13-22(39-20)21-9-7-6-8-19(21)16-31/h6-15,27H,5H2,1-4H3/b25-15-/t27-/m1/s1. The van der Waals surface area contributed by atoms with Crippen LogP contribution in [0.4, 0.5) is 0 Å². The normalized spacial score (nSPS) is 14.8. The Morgan fingerprint density at radius 1 is 1.15 bits per heavy atom. The highest BCUT2D eigenvalue weighted by molar-refractivity contribution is 7.07. The summed E-state index contributed by atoms with van der Waals surface area (Å²) in [4.78, 5) is 32.0. The smallest absolute Gasteiger partial charge is 0.338 e. The van der Waals surface area contributed by atoms with Gasteiger partial charge in [0.25, 0.3) is 5.56 Å². The number of ether oxygens (including phenoxy) is 3. The van der Waals surface area contributed by atoms with Gasteiger partial charge in [0, 0.05) is 11.6 Å². The molecule has 0 unspecified atom stereocenters. The van der Waals surface area contributed by atoms with Crippen LogP contribution in [0.1, 0.15) is 36.8 Å². The van der Waals surface area contributed by atoms with Crippen LogP contribution in [0.3, 0.4) is 0 Å². The number of allylic oxidation sites excluding steroid dienone is 1. The summed E-state index contributed by atoms with van der Waals surface area (Å²) >= 11 is 1.19. The van der Waals surface area contributed by atoms with E-state index in [1.165, 1.54) is 30.1 Å². The Morgan fingerprint density at radius 3 is 2.65 bits per heavy atom. The molecule has 0 amide bonds. The molecule has 10 heteroatoms. The van der Waals surface area contributed by atoms with E-state index < -0.39 is 12.0 Å². The summed E-state index contributed by atoms with van der Waals surface area (Å²) in [5, 5.41) is 9.44. The number of carbonyl (C=O) groups excluding carboxylic acids is 1. The Balaban J connectivity index is 1.66. The molecule has 0 N–H and O–H groups in total. The molecule has 0 aliphatic carbocycles. The second kappa shape index (κ2) is 11.1. The number of hydrogen-bond donors (Lipinski definition) is 0. The molecule has 4 aromatic rings. The first-order chi connectivity index (χ1) is 19.4. The first kappa shape index (κ1) is 26.7. The molecule has 0 saturated heterocycles. The Labute approximate surface area is 233 Å². The van der Waals surface area contributed by atoms with Crippen LogP contribution in [-0.2, 0) is 9.53 Å². The molecule has 0 spiro atoms. The van der Waals surface area contributed by atoms with Crippen molar-refractivity contribution >= 4 is 23.4 Å². The number of fused-ring (bicyclic) bond motifs is 1. The molecule has 3 heterocycles. The average Bonchev–Trinajstić information content (AvgIpc) is 3.55. The van der Waals surface area contributed by atoms with Gasteiger partial charge in [-0.05, 0) is 55.8 Å². The highest BCUT2D eigenvalue weighted by Gasteiger charge is 2.34. The molecule has 0 saturated carbocycles. The van der Waals surface area contributed by atoms with Gasteiger partial charge in [-0.25, -0.2) is 9.79 Å². The maximum atomic E-state index is 13.9. The zero-order chi connectivity index (χ0) is 28.4. The van der Waals surface area contributed by atoms with Crippen LogP contribution in [0.25, 0.3) is 17.4 Å². The van der Waals surface area contributed by atoms with Crippen molar-refractivity contribution in [2.24, 2.45) is 4.99 Å². The number of furan rings is 1. The fourth-order valence-electron chi connectivity index (χ4n) is 4.63. The topological polar surface area (TPSA) is 116 Å². The third kappa shape index (κ3) is 4.72. The maximum absolute atomic E-state index is 13.9. The van der Waals surface area contributed by atoms with Crippen LogP contribution in [0, 0.1) is 11.3 Å². The lowest BCUT2D eigenvalue weighted by Crippen LogP contribution is -2.39. The van der Waals surface area contributed by atoms with Crippen molar-refractivity contribution in [3.63, 3.8) is 0 Å². The van der Waals surface area contributed by atoms with Crippen molar-refractivity contribution in [3.8, 4) is 28.9 Å². The lowest BCUT2D eigenvalue weighted by atomic mass is 9.95. The molecular formula is C30H25N3O6S. The first-order valence-corrected chi connectivity index (χ1v) is 13.2. The van der Waals surface area contributed by atoms with E-state index in [0.717, 1.165) is 0 Å². The van der Waals surface area contributed by atoms with Crippen molar-refractivity contribution in [1.29, 1.82) is 5.26 Å². The lowest BCUT2D eigenvalue weighted by Gasteiger charge is -2.25. The number of nitriles is 1. The zero-order valence-electron chi connectivity index (χ0n) is 22.3. The summed E-state index contributed by atoms with van der Waals surface area (Å²) in [5.74, 6) is 1.38. The van der Waals surface area contributed by atoms with Crippen LogP contribution in [0.15, 0.2) is 80.1 Å². The summed E-state index contributed by atoms with van der Waals surface area (Å²) in [5.41, 5.74) is 2.17. The van der Waals surface area contributed by atoms with Gasteiger partial charge >= 0.3 is 5.97 Å². The van der Waals surface area contributed by atoms with Gasteiger partial charge in [0.05, 0.1) is 54.3 Å². The molecule has 1 atom stereocenters. The largest absolute Gasteiger partial charge is 0.493 e. The number of esters is 1. The molecule has 9 nitrogen and oxygen atoms in total. The maximum Gasteiger partial charge on any atom is 0.338 e. The summed E-state index contributed by atoms with van der Waals surface area (Å²) < 4.78 is 24.1. The molecule has 5 rings (SSSR count). The van der Waals surface area contributed by atoms with E-state index in [9.17, 15) is 14.9 Å². The van der Waals surface area contributed by atoms with Gasteiger partial charge in [-0.3, -0.25) is 9.36 Å². The van der Waals surface area contributed by atoms with Gasteiger partial charge in [-0.2, -0.15) is 5.26 Å². The monoisotopic (exact) mass is 555 g/mol. The second-order valence-corrected chi connectivity index (χ2v) is 9.79. The van der Waals surface area contributed by atoms with E-state index in [-0.39, 0.29) is 17.7 Å². The van der Waals surface area contributed by atoms with E-state index in [2.05, 4.69) is 11.1 Å². The van der Waals surface area contributed by atoms with E-state index >= 15 is 0 Å². The number of rotatable bonds is 7. The van der Waals surface area contributed by atoms with Gasteiger partial charge in [-0.15, -0.1) is 0 Å². The number of hydrogen-bond acceptors (Lipinski definition) is 9. The van der Waals surface area contributed by atoms with Crippen LogP contribution in [0.5, 0.6) is 11.5 Å². The van der Waals surface area contributed by atoms with Crippen LogP contribution in [0.2, 0.25) is 0 Å². The van der Waals surface area contributed by atoms with Gasteiger partial charge in [-0.1, -0.05) is 29.5 Å². The summed E-state index contributed by atoms with van der Waals surface area (Å²) in [7, 11) is 3.06. The third-order valence-electron chi connectivity index (χ3n) is 6.45. The summed E-state index contributed by atoms with van der Waals surface area (Å²) in [6.07, 6.45) is 1.64. The number of benzene rings is 2. The average molecular weight is 556 g/mol. The SMILES string of the molecule is CCOC(=O)C1=C(C)N=c2s/c(=C\c3ccc(-c4ccccc4C#N)o3)c(=O)n2[C@@H]1c1ccc(OC)c(OC)c1. The van der Waals surface area contributed by atoms with Gasteiger partial charge in [0.1, 0.15) is 11.5 Å². The van der Waals surface area contributed by atoms with Gasteiger partial charge < -0.3 is 18.6 Å². The predicted molar refractivity (Wildman–Crippen MR) is 149 cm³/mol. The fraction of sp³-hybridized carbons (Fsp3) is 0.200. The van der Waals surface area contributed by atoms with Crippen LogP contribution < -0.4 is 24.4 Å². The minimum Gasteiger partial charge on any atom is -0.493 e. The number of thiazole rings is 1. The minimum absolute atomic E-state index is 0.175. The molecule has 202 valence electrons. The predicted octanol–water partition coefficient (Wildman–Crippen LogP) is 3.95. The number of methoxy groups -OCH3 is 2. The third-order valence-corrected chi connectivity index (χ3v) is 7.44. The molecule has 0 radical (unpaired) electrons. The van der Waals surface area contributed by atoms with Crippen molar-refractivity contribution < 1.29 is 23.4 Å². The van der Waals surface area contributed by atoms with E-state index in [0.29, 0.717) is 54.7 Å². The summed E-state index contributed by atoms with van der Waals surface area (Å²) in [6, 6.07) is 17.2. The molecule has 1 aliphatic rings. The van der Waals surface area contributed by atoms with Gasteiger partial charge in [0.2, 0.25) is 0 Å². The minimum atomic E-state index is -0.799. The Bertz CT molecular complexity index is 1870. The van der Waals surface area contributed by atoms with Crippen molar-refractivity contribution in [3.05, 3.63) is 102 Å². The molecule has 1 aliphatic heterocycles. The Morgan fingerprint density at radius 2 is 1.93 bits per heavy atom. The second-order valence-electron chi connectivity index (χ2n) is 8.78. The number of carbonyl (C=O) groups is 1. The molecule has 0 bridgehead atoms. The van der Waals surface area contributed by atoms with Gasteiger partial charge in [0.15, 0.2) is 16.3 Å². The molecule has 2 aromatic carbocycles. The molecule has 40 heavy (non-hydrogen) atoms. The molecule has 0 fully saturated rings. The number of nitrogens with zero attached hydrogens (tertiary/aromatic N) is 3. The van der Waals surface area contributed by atoms with E-state index in [1.54, 1.807) is 68.5 Å². The fourth-order valence-corrected chi connectivity index (χ4v) is 5.66. The highest BCUT2D eigenvalue weighted by Crippen LogP contribution is 2.36. The highest BCUT2D eigenvalue weighted by atomic mass is 32.1. The van der Waals surface area contributed by atoms with Crippen molar-refractivity contribution in [2.45, 2.75) is 19.9 Å². The Kier molecular flexibility index (Phi) is 7.40. The van der Waals surface area contributed by atoms with Crippen LogP contribution in [-0.4, -0.2) is 31.4 Å². The Hall–Kier alpha value is -4.88. The molecule has 2 aromatic heterocycles.